The fourth-order valence-corrected chi connectivity index (χ4v) is 2.12. The Morgan fingerprint density at radius 1 is 1.35 bits per heavy atom. The number of hydrogen-bond donors (Lipinski definition) is 1. The lowest BCUT2D eigenvalue weighted by atomic mass is 9.70. The second kappa shape index (κ2) is 4.33. The molecule has 0 atom stereocenters. The summed E-state index contributed by atoms with van der Waals surface area (Å²) < 4.78 is 0. The molecule has 4 heteroatoms. The summed E-state index contributed by atoms with van der Waals surface area (Å²) >= 11 is 0. The van der Waals surface area contributed by atoms with Gasteiger partial charge in [0.15, 0.2) is 5.82 Å². The van der Waals surface area contributed by atoms with Crippen LogP contribution in [0.5, 0.6) is 0 Å². The van der Waals surface area contributed by atoms with Crippen molar-refractivity contribution in [3.8, 4) is 6.07 Å². The van der Waals surface area contributed by atoms with E-state index in [2.05, 4.69) is 28.5 Å². The average Bonchev–Trinajstić information content (AvgIpc) is 2.28. The van der Waals surface area contributed by atoms with Gasteiger partial charge in [0.05, 0.1) is 5.69 Å². The molecule has 0 aromatic carbocycles. The second-order valence-electron chi connectivity index (χ2n) is 5.26. The zero-order chi connectivity index (χ0) is 12.5. The van der Waals surface area contributed by atoms with Crippen LogP contribution >= 0.6 is 0 Å². The van der Waals surface area contributed by atoms with Crippen LogP contribution in [-0.4, -0.2) is 16.7 Å². The van der Waals surface area contributed by atoms with E-state index in [1.807, 2.05) is 13.8 Å². The van der Waals surface area contributed by atoms with Crippen molar-refractivity contribution in [3.63, 3.8) is 0 Å². The third-order valence-corrected chi connectivity index (χ3v) is 3.81. The van der Waals surface area contributed by atoms with Crippen molar-refractivity contribution < 1.29 is 0 Å². The Hall–Kier alpha value is -1.63. The highest BCUT2D eigenvalue weighted by Gasteiger charge is 2.31. The van der Waals surface area contributed by atoms with Gasteiger partial charge in [-0.05, 0) is 37.7 Å². The fraction of sp³-hybridized carbons (Fsp3) is 0.615. The Morgan fingerprint density at radius 3 is 2.59 bits per heavy atom. The molecule has 17 heavy (non-hydrogen) atoms. The molecule has 0 bridgehead atoms. The van der Waals surface area contributed by atoms with E-state index in [-0.39, 0.29) is 0 Å². The first-order valence-corrected chi connectivity index (χ1v) is 6.04. The summed E-state index contributed by atoms with van der Waals surface area (Å²) in [4.78, 5) is 0. The van der Waals surface area contributed by atoms with Crippen LogP contribution in [0.2, 0.25) is 0 Å². The van der Waals surface area contributed by atoms with E-state index in [4.69, 9.17) is 5.26 Å². The van der Waals surface area contributed by atoms with Crippen molar-refractivity contribution in [1.29, 1.82) is 5.26 Å². The van der Waals surface area contributed by atoms with Crippen LogP contribution in [0.25, 0.3) is 0 Å². The molecule has 1 N–H and O–H groups in total. The van der Waals surface area contributed by atoms with Gasteiger partial charge in [0.1, 0.15) is 11.6 Å². The molecule has 1 saturated carbocycles. The van der Waals surface area contributed by atoms with Crippen LogP contribution in [0.15, 0.2) is 0 Å². The van der Waals surface area contributed by atoms with Gasteiger partial charge in [-0.2, -0.15) is 10.4 Å². The van der Waals surface area contributed by atoms with Gasteiger partial charge in [-0.1, -0.05) is 13.3 Å². The highest BCUT2D eigenvalue weighted by molar-refractivity contribution is 5.55. The number of nitrogens with zero attached hydrogens (tertiary/aromatic N) is 3. The monoisotopic (exact) mass is 230 g/mol. The molecule has 0 spiro atoms. The third-order valence-electron chi connectivity index (χ3n) is 3.81. The van der Waals surface area contributed by atoms with E-state index in [9.17, 15) is 0 Å². The van der Waals surface area contributed by atoms with Crippen LogP contribution in [0.1, 0.15) is 43.0 Å². The van der Waals surface area contributed by atoms with Crippen molar-refractivity contribution in [2.75, 3.05) is 11.9 Å². The van der Waals surface area contributed by atoms with Gasteiger partial charge in [0.25, 0.3) is 0 Å². The zero-order valence-electron chi connectivity index (χ0n) is 10.7. The summed E-state index contributed by atoms with van der Waals surface area (Å²) in [7, 11) is 0. The maximum Gasteiger partial charge on any atom is 0.166 e. The quantitative estimate of drug-likeness (QED) is 0.866. The summed E-state index contributed by atoms with van der Waals surface area (Å²) in [5, 5.41) is 20.6. The van der Waals surface area contributed by atoms with Gasteiger partial charge in [-0.15, -0.1) is 5.10 Å². The first-order chi connectivity index (χ1) is 8.06. The second-order valence-corrected chi connectivity index (χ2v) is 5.26. The Balaban J connectivity index is 2.16. The predicted octanol–water partition coefficient (Wildman–Crippen LogP) is 2.57. The summed E-state index contributed by atoms with van der Waals surface area (Å²) in [5.74, 6) is 0.628. The van der Waals surface area contributed by atoms with Crippen LogP contribution < -0.4 is 5.32 Å². The van der Waals surface area contributed by atoms with Crippen molar-refractivity contribution in [1.82, 2.24) is 10.2 Å². The number of aromatic nitrogens is 2. The smallest absolute Gasteiger partial charge is 0.166 e. The summed E-state index contributed by atoms with van der Waals surface area (Å²) in [6.07, 6.45) is 3.81. The minimum absolute atomic E-state index is 0.368. The maximum atomic E-state index is 9.17. The molecule has 1 aliphatic rings. The van der Waals surface area contributed by atoms with Crippen molar-refractivity contribution in [3.05, 3.63) is 16.8 Å². The highest BCUT2D eigenvalue weighted by atomic mass is 15.2. The van der Waals surface area contributed by atoms with E-state index >= 15 is 0 Å². The standard InChI is InChI=1S/C13H18N4/c1-9-10(2)16-17-12(11(9)7-14)15-8-13(3)5-4-6-13/h4-6,8H2,1-3H3,(H,15,17). The molecule has 1 aromatic heterocycles. The first-order valence-electron chi connectivity index (χ1n) is 6.04. The molecule has 4 nitrogen and oxygen atoms in total. The maximum absolute atomic E-state index is 9.17. The molecule has 90 valence electrons. The third kappa shape index (κ3) is 2.23. The lowest BCUT2D eigenvalue weighted by molar-refractivity contribution is 0.179. The van der Waals surface area contributed by atoms with Gasteiger partial charge < -0.3 is 5.32 Å². The molecule has 2 rings (SSSR count). The molecule has 1 aromatic rings. The number of nitrogens with one attached hydrogen (secondary N) is 1. The molecule has 0 amide bonds. The van der Waals surface area contributed by atoms with E-state index in [0.717, 1.165) is 17.8 Å². The average molecular weight is 230 g/mol. The Labute approximate surface area is 102 Å². The SMILES string of the molecule is Cc1nnc(NCC2(C)CCC2)c(C#N)c1C. The van der Waals surface area contributed by atoms with Crippen molar-refractivity contribution >= 4 is 5.82 Å². The number of hydrogen-bond acceptors (Lipinski definition) is 4. The summed E-state index contributed by atoms with van der Waals surface area (Å²) in [6, 6.07) is 2.21. The Morgan fingerprint density at radius 2 is 2.06 bits per heavy atom. The highest BCUT2D eigenvalue weighted by Crippen LogP contribution is 2.40. The molecular formula is C13H18N4. The zero-order valence-corrected chi connectivity index (χ0v) is 10.7. The molecule has 0 radical (unpaired) electrons. The first kappa shape index (κ1) is 11.8. The summed E-state index contributed by atoms with van der Waals surface area (Å²) in [6.45, 7) is 6.93. The van der Waals surface area contributed by atoms with Gasteiger partial charge in [0.2, 0.25) is 0 Å². The van der Waals surface area contributed by atoms with Gasteiger partial charge in [-0.25, -0.2) is 0 Å². The van der Waals surface area contributed by atoms with Crippen LogP contribution in [0.3, 0.4) is 0 Å². The fourth-order valence-electron chi connectivity index (χ4n) is 2.12. The molecular weight excluding hydrogens is 212 g/mol. The lowest BCUT2D eigenvalue weighted by Crippen LogP contribution is -2.33. The predicted molar refractivity (Wildman–Crippen MR) is 66.7 cm³/mol. The van der Waals surface area contributed by atoms with Crippen molar-refractivity contribution in [2.45, 2.75) is 40.0 Å². The van der Waals surface area contributed by atoms with Gasteiger partial charge in [-0.3, -0.25) is 0 Å². The van der Waals surface area contributed by atoms with Gasteiger partial charge >= 0.3 is 0 Å². The van der Waals surface area contributed by atoms with E-state index < -0.39 is 0 Å². The number of nitriles is 1. The number of aryl methyl sites for hydroxylation is 1. The largest absolute Gasteiger partial charge is 0.367 e. The van der Waals surface area contributed by atoms with Crippen LogP contribution in [-0.2, 0) is 0 Å². The van der Waals surface area contributed by atoms with Crippen LogP contribution in [0.4, 0.5) is 5.82 Å². The van der Waals surface area contributed by atoms with Gasteiger partial charge in [0, 0.05) is 6.54 Å². The minimum atomic E-state index is 0.368. The van der Waals surface area contributed by atoms with Crippen molar-refractivity contribution in [2.24, 2.45) is 5.41 Å². The molecule has 1 aliphatic carbocycles. The van der Waals surface area contributed by atoms with E-state index in [1.165, 1.54) is 19.3 Å². The molecule has 1 fully saturated rings. The lowest BCUT2D eigenvalue weighted by Gasteiger charge is -2.38. The van der Waals surface area contributed by atoms with E-state index in [0.29, 0.717) is 16.8 Å². The molecule has 0 saturated heterocycles. The Kier molecular flexibility index (Phi) is 3.01. The molecule has 0 unspecified atom stereocenters. The normalized spacial score (nSPS) is 17.1. The number of anilines is 1. The minimum Gasteiger partial charge on any atom is -0.367 e. The summed E-state index contributed by atoms with van der Waals surface area (Å²) in [5.41, 5.74) is 2.74. The topological polar surface area (TPSA) is 61.6 Å². The van der Waals surface area contributed by atoms with Crippen LogP contribution in [0, 0.1) is 30.6 Å². The molecule has 1 heterocycles. The number of rotatable bonds is 3. The van der Waals surface area contributed by atoms with E-state index in [1.54, 1.807) is 0 Å². The molecule has 0 aliphatic heterocycles. The Bertz CT molecular complexity index is 469.